The van der Waals surface area contributed by atoms with Crippen molar-refractivity contribution in [1.82, 2.24) is 0 Å². The van der Waals surface area contributed by atoms with E-state index in [0.29, 0.717) is 25.7 Å². The van der Waals surface area contributed by atoms with Crippen LogP contribution < -0.4 is 0 Å². The number of phosphoric acid groups is 2. The SMILES string of the molecule is CCCCCCCCCCCCCCCCCCCCCCCCC(=O)O[C@H](COC(=O)CCCCCCCCCCCCCCCCCCCC)COP(=O)(O)OC[C@@H](O)COP(=O)(O)OC[C@@H](COC(=O)CCCCCCCCC(C)CC)OC(=O)CCCCCCCCCCCCCCCC(C)C. The van der Waals surface area contributed by atoms with Gasteiger partial charge in [0.1, 0.15) is 19.3 Å². The molecule has 6 atom stereocenters. The van der Waals surface area contributed by atoms with Crippen molar-refractivity contribution in [2.75, 3.05) is 39.6 Å². The number of hydrogen-bond acceptors (Lipinski definition) is 15. The number of esters is 4. The van der Waals surface area contributed by atoms with Crippen molar-refractivity contribution in [2.24, 2.45) is 11.8 Å². The first-order chi connectivity index (χ1) is 51.4. The lowest BCUT2D eigenvalue weighted by atomic mass is 10.00. The third kappa shape index (κ3) is 78.7. The molecule has 0 radical (unpaired) electrons. The molecular formula is C87H170O17P2. The lowest BCUT2D eigenvalue weighted by molar-refractivity contribution is -0.161. The Morgan fingerprint density at radius 3 is 0.717 bits per heavy atom. The Bertz CT molecular complexity index is 2030. The number of unbranched alkanes of at least 4 members (excludes halogenated alkanes) is 55. The lowest BCUT2D eigenvalue weighted by Crippen LogP contribution is -2.30. The molecule has 3 unspecified atom stereocenters. The molecule has 0 fully saturated rings. The van der Waals surface area contributed by atoms with Gasteiger partial charge in [-0.1, -0.05) is 414 Å². The number of phosphoric ester groups is 2. The maximum absolute atomic E-state index is 13.2. The molecule has 19 heteroatoms. The molecule has 106 heavy (non-hydrogen) atoms. The van der Waals surface area contributed by atoms with Gasteiger partial charge in [0, 0.05) is 25.7 Å². The predicted octanol–water partition coefficient (Wildman–Crippen LogP) is 26.6. The number of aliphatic hydroxyl groups is 1. The summed E-state index contributed by atoms with van der Waals surface area (Å²) in [6, 6.07) is 0. The van der Waals surface area contributed by atoms with Gasteiger partial charge in [-0.2, -0.15) is 0 Å². The van der Waals surface area contributed by atoms with Crippen LogP contribution in [0, 0.1) is 11.8 Å². The van der Waals surface area contributed by atoms with Crippen molar-refractivity contribution < 1.29 is 80.2 Å². The number of aliphatic hydroxyl groups excluding tert-OH is 1. The van der Waals surface area contributed by atoms with Crippen molar-refractivity contribution >= 4 is 39.5 Å². The summed E-state index contributed by atoms with van der Waals surface area (Å²) in [5.74, 6) is -0.586. The highest BCUT2D eigenvalue weighted by Gasteiger charge is 2.30. The molecule has 0 aromatic heterocycles. The molecule has 0 bridgehead atoms. The highest BCUT2D eigenvalue weighted by molar-refractivity contribution is 7.47. The van der Waals surface area contributed by atoms with Gasteiger partial charge in [0.05, 0.1) is 26.4 Å². The van der Waals surface area contributed by atoms with Gasteiger partial charge in [-0.15, -0.1) is 0 Å². The third-order valence-electron chi connectivity index (χ3n) is 20.8. The second-order valence-corrected chi connectivity index (χ2v) is 34.9. The van der Waals surface area contributed by atoms with Gasteiger partial charge >= 0.3 is 39.5 Å². The Labute approximate surface area is 651 Å². The average molecular weight is 1550 g/mol. The minimum Gasteiger partial charge on any atom is -0.462 e. The van der Waals surface area contributed by atoms with Gasteiger partial charge in [0.25, 0.3) is 0 Å². The Morgan fingerprint density at radius 1 is 0.274 bits per heavy atom. The van der Waals surface area contributed by atoms with Gasteiger partial charge in [-0.05, 0) is 37.5 Å². The zero-order valence-corrected chi connectivity index (χ0v) is 71.5. The summed E-state index contributed by atoms with van der Waals surface area (Å²) in [6.07, 6.45) is 71.0. The van der Waals surface area contributed by atoms with E-state index in [9.17, 15) is 43.2 Å². The fraction of sp³-hybridized carbons (Fsp3) is 0.954. The molecule has 0 saturated carbocycles. The lowest BCUT2D eigenvalue weighted by Gasteiger charge is -2.21. The van der Waals surface area contributed by atoms with Crippen LogP contribution in [-0.2, 0) is 65.4 Å². The second-order valence-electron chi connectivity index (χ2n) is 32.0. The van der Waals surface area contributed by atoms with Gasteiger partial charge in [0.15, 0.2) is 12.2 Å². The Balaban J connectivity index is 5.22. The molecule has 0 aromatic rings. The van der Waals surface area contributed by atoms with Crippen LogP contribution in [0.15, 0.2) is 0 Å². The van der Waals surface area contributed by atoms with E-state index >= 15 is 0 Å². The smallest absolute Gasteiger partial charge is 0.462 e. The van der Waals surface area contributed by atoms with Gasteiger partial charge in [0.2, 0.25) is 0 Å². The van der Waals surface area contributed by atoms with Crippen molar-refractivity contribution in [3.05, 3.63) is 0 Å². The van der Waals surface area contributed by atoms with E-state index in [-0.39, 0.29) is 25.7 Å². The van der Waals surface area contributed by atoms with Crippen LogP contribution in [0.3, 0.4) is 0 Å². The highest BCUT2D eigenvalue weighted by Crippen LogP contribution is 2.45. The van der Waals surface area contributed by atoms with Crippen molar-refractivity contribution in [1.29, 1.82) is 0 Å². The summed E-state index contributed by atoms with van der Waals surface area (Å²) in [5, 5.41) is 10.7. The van der Waals surface area contributed by atoms with E-state index in [1.54, 1.807) is 0 Å². The molecule has 0 amide bonds. The molecule has 0 aromatic carbocycles. The minimum atomic E-state index is -4.97. The minimum absolute atomic E-state index is 0.107. The first-order valence-electron chi connectivity index (χ1n) is 45.0. The Hall–Kier alpha value is -1.94. The molecule has 0 aliphatic heterocycles. The zero-order valence-electron chi connectivity index (χ0n) is 69.7. The fourth-order valence-corrected chi connectivity index (χ4v) is 15.1. The maximum atomic E-state index is 13.2. The van der Waals surface area contributed by atoms with Crippen LogP contribution in [0.5, 0.6) is 0 Å². The molecule has 0 aliphatic carbocycles. The van der Waals surface area contributed by atoms with Gasteiger partial charge in [-0.3, -0.25) is 37.3 Å². The second kappa shape index (κ2) is 78.3. The van der Waals surface area contributed by atoms with E-state index in [2.05, 4.69) is 41.5 Å². The van der Waals surface area contributed by atoms with Crippen LogP contribution in [0.1, 0.15) is 465 Å². The first kappa shape index (κ1) is 104. The first-order valence-corrected chi connectivity index (χ1v) is 48.0. The summed E-state index contributed by atoms with van der Waals surface area (Å²) < 4.78 is 68.9. The zero-order chi connectivity index (χ0) is 77.8. The monoisotopic (exact) mass is 1550 g/mol. The van der Waals surface area contributed by atoms with E-state index in [1.165, 1.54) is 276 Å². The number of hydrogen-bond donors (Lipinski definition) is 3. The van der Waals surface area contributed by atoms with E-state index < -0.39 is 97.5 Å². The summed E-state index contributed by atoms with van der Waals surface area (Å²) in [7, 11) is -9.93. The van der Waals surface area contributed by atoms with Gasteiger partial charge in [-0.25, -0.2) is 9.13 Å². The van der Waals surface area contributed by atoms with E-state index in [4.69, 9.17) is 37.0 Å². The quantitative estimate of drug-likeness (QED) is 0.0222. The molecule has 3 N–H and O–H groups in total. The van der Waals surface area contributed by atoms with Crippen LogP contribution in [0.2, 0.25) is 0 Å². The topological polar surface area (TPSA) is 237 Å². The molecule has 0 saturated heterocycles. The number of carbonyl (C=O) groups excluding carboxylic acids is 4. The van der Waals surface area contributed by atoms with Gasteiger partial charge < -0.3 is 33.8 Å². The van der Waals surface area contributed by atoms with Crippen LogP contribution >= 0.6 is 15.6 Å². The maximum Gasteiger partial charge on any atom is 0.472 e. The summed E-state index contributed by atoms with van der Waals surface area (Å²) in [6.45, 7) is 9.65. The molecule has 0 rings (SSSR count). The summed E-state index contributed by atoms with van der Waals surface area (Å²) in [4.78, 5) is 73.2. The predicted molar refractivity (Wildman–Crippen MR) is 437 cm³/mol. The van der Waals surface area contributed by atoms with Crippen molar-refractivity contribution in [3.63, 3.8) is 0 Å². The number of rotatable bonds is 86. The van der Waals surface area contributed by atoms with Crippen molar-refractivity contribution in [2.45, 2.75) is 484 Å². The molecular weight excluding hydrogens is 1380 g/mol. The molecule has 0 aliphatic rings. The summed E-state index contributed by atoms with van der Waals surface area (Å²) >= 11 is 0. The fourth-order valence-electron chi connectivity index (χ4n) is 13.6. The van der Waals surface area contributed by atoms with Crippen molar-refractivity contribution in [3.8, 4) is 0 Å². The molecule has 0 heterocycles. The van der Waals surface area contributed by atoms with E-state index in [0.717, 1.165) is 108 Å². The largest absolute Gasteiger partial charge is 0.472 e. The van der Waals surface area contributed by atoms with Crippen LogP contribution in [0.25, 0.3) is 0 Å². The average Bonchev–Trinajstić information content (AvgIpc) is 0.902. The normalized spacial score (nSPS) is 14.1. The standard InChI is InChI=1S/C87H170O17P2/c1-7-10-12-14-16-18-20-22-24-26-28-29-30-31-33-35-39-43-47-51-59-65-71-86(91)103-82(75-97-84(89)69-63-57-50-46-42-38-34-32-27-25-23-21-19-17-15-13-11-8-2)77-101-105(93,94)99-73-81(88)74-100-106(95,96)102-78-83(76-98-85(90)70-64-58-54-53-56-62-68-80(6)9-3)104-87(92)72-66-60-52-48-44-40-36-37-41-45-49-55-61-67-79(4)5/h79-83,88H,7-78H2,1-6H3,(H,93,94)(H,95,96)/t80?,81-,82-,83-/m1/s1. The van der Waals surface area contributed by atoms with Crippen LogP contribution in [0.4, 0.5) is 0 Å². The number of ether oxygens (including phenoxy) is 4. The van der Waals surface area contributed by atoms with E-state index in [1.807, 2.05) is 0 Å². The summed E-state index contributed by atoms with van der Waals surface area (Å²) in [5.41, 5.74) is 0. The highest BCUT2D eigenvalue weighted by atomic mass is 31.2. The van der Waals surface area contributed by atoms with Crippen LogP contribution in [-0.4, -0.2) is 96.7 Å². The molecule has 17 nitrogen and oxygen atoms in total. The third-order valence-corrected chi connectivity index (χ3v) is 22.7. The Kier molecular flexibility index (Phi) is 76.9. The Morgan fingerprint density at radius 2 is 0.481 bits per heavy atom. The molecule has 0 spiro atoms. The molecule has 630 valence electrons. The number of carbonyl (C=O) groups is 4.